The summed E-state index contributed by atoms with van der Waals surface area (Å²) in [4.78, 5) is 13.1. The number of carbonyl (C=O) groups excluding carboxylic acids is 1. The number of benzene rings is 1. The fourth-order valence-electron chi connectivity index (χ4n) is 1.44. The number of hydrogen-bond acceptors (Lipinski definition) is 4. The lowest BCUT2D eigenvalue weighted by Gasteiger charge is -2.18. The molecule has 5 nitrogen and oxygen atoms in total. The average Bonchev–Trinajstić information content (AvgIpc) is 2.36. The molecule has 1 aromatic rings. The normalized spacial score (nSPS) is 11.3. The van der Waals surface area contributed by atoms with Gasteiger partial charge in [0, 0.05) is 20.2 Å². The van der Waals surface area contributed by atoms with Gasteiger partial charge in [-0.05, 0) is 19.1 Å². The van der Waals surface area contributed by atoms with E-state index in [9.17, 15) is 4.79 Å². The van der Waals surface area contributed by atoms with Gasteiger partial charge in [0.15, 0.2) is 6.10 Å². The number of amides is 1. The average molecular weight is 248 g/mol. The highest BCUT2D eigenvalue weighted by atomic mass is 16.5. The van der Waals surface area contributed by atoms with E-state index in [0.717, 1.165) is 0 Å². The topological polar surface area (TPSA) is 62.6 Å². The van der Waals surface area contributed by atoms with Crippen LogP contribution >= 0.6 is 0 Å². The van der Waals surface area contributed by atoms with E-state index < -0.39 is 6.10 Å². The van der Waals surface area contributed by atoms with E-state index in [1.165, 1.54) is 12.0 Å². The van der Waals surface area contributed by atoms with E-state index in [4.69, 9.17) is 14.7 Å². The van der Waals surface area contributed by atoms with Crippen molar-refractivity contribution < 1.29 is 14.3 Å². The molecule has 0 saturated heterocycles. The van der Waals surface area contributed by atoms with Crippen molar-refractivity contribution in [3.8, 4) is 17.6 Å². The van der Waals surface area contributed by atoms with Crippen LogP contribution < -0.4 is 9.47 Å². The summed E-state index contributed by atoms with van der Waals surface area (Å²) in [6.45, 7) is 1.66. The molecule has 0 aliphatic carbocycles. The summed E-state index contributed by atoms with van der Waals surface area (Å²) in [5.74, 6) is 0.818. The first-order chi connectivity index (χ1) is 8.47. The number of carbonyl (C=O) groups is 1. The predicted octanol–water partition coefficient (Wildman–Crippen LogP) is 1.42. The maximum absolute atomic E-state index is 11.7. The lowest BCUT2D eigenvalue weighted by Crippen LogP contribution is -2.35. The Labute approximate surface area is 107 Å². The van der Waals surface area contributed by atoms with Crippen LogP contribution in [0.1, 0.15) is 12.5 Å². The first kappa shape index (κ1) is 13.8. The number of nitrogens with zero attached hydrogens (tertiary/aromatic N) is 2. The quantitative estimate of drug-likeness (QED) is 0.808. The Kier molecular flexibility index (Phi) is 4.55. The molecular formula is C13H16N2O3. The van der Waals surface area contributed by atoms with Crippen molar-refractivity contribution in [1.82, 2.24) is 4.90 Å². The van der Waals surface area contributed by atoms with Crippen molar-refractivity contribution in [2.24, 2.45) is 0 Å². The lowest BCUT2D eigenvalue weighted by molar-refractivity contribution is -0.135. The van der Waals surface area contributed by atoms with Crippen LogP contribution in [0.3, 0.4) is 0 Å². The number of hydrogen-bond donors (Lipinski definition) is 0. The molecule has 96 valence electrons. The predicted molar refractivity (Wildman–Crippen MR) is 66.5 cm³/mol. The largest absolute Gasteiger partial charge is 0.497 e. The summed E-state index contributed by atoms with van der Waals surface area (Å²) in [7, 11) is 4.83. The molecule has 1 amide bonds. The van der Waals surface area contributed by atoms with Gasteiger partial charge in [0.05, 0.1) is 18.7 Å². The third kappa shape index (κ3) is 3.39. The van der Waals surface area contributed by atoms with E-state index in [2.05, 4.69) is 0 Å². The van der Waals surface area contributed by atoms with Crippen LogP contribution in [0.25, 0.3) is 0 Å². The standard InChI is InChI=1S/C13H16N2O3/c1-9(13(16)15(2)3)18-12-6-10(8-14)5-11(7-12)17-4/h5-7,9H,1-4H3. The Balaban J connectivity index is 2.91. The van der Waals surface area contributed by atoms with Crippen LogP contribution in [-0.4, -0.2) is 38.1 Å². The molecule has 1 aromatic carbocycles. The fourth-order valence-corrected chi connectivity index (χ4v) is 1.44. The second-order valence-electron chi connectivity index (χ2n) is 4.00. The van der Waals surface area contributed by atoms with E-state index in [-0.39, 0.29) is 5.91 Å². The maximum atomic E-state index is 11.7. The van der Waals surface area contributed by atoms with Gasteiger partial charge in [-0.15, -0.1) is 0 Å². The van der Waals surface area contributed by atoms with E-state index in [0.29, 0.717) is 17.1 Å². The smallest absolute Gasteiger partial charge is 0.262 e. The Hall–Kier alpha value is -2.22. The molecule has 0 heterocycles. The maximum Gasteiger partial charge on any atom is 0.262 e. The number of nitriles is 1. The van der Waals surface area contributed by atoms with Crippen LogP contribution in [0, 0.1) is 11.3 Å². The van der Waals surface area contributed by atoms with Gasteiger partial charge in [-0.1, -0.05) is 0 Å². The van der Waals surface area contributed by atoms with Gasteiger partial charge in [0.1, 0.15) is 11.5 Å². The molecule has 0 aromatic heterocycles. The molecule has 0 fully saturated rings. The molecule has 0 spiro atoms. The molecule has 0 bridgehead atoms. The van der Waals surface area contributed by atoms with Gasteiger partial charge in [-0.25, -0.2) is 0 Å². The van der Waals surface area contributed by atoms with Crippen molar-refractivity contribution in [2.45, 2.75) is 13.0 Å². The second kappa shape index (κ2) is 5.92. The molecule has 0 N–H and O–H groups in total. The monoisotopic (exact) mass is 248 g/mol. The summed E-state index contributed by atoms with van der Waals surface area (Å²) >= 11 is 0. The highest BCUT2D eigenvalue weighted by Crippen LogP contribution is 2.23. The van der Waals surface area contributed by atoms with Crippen LogP contribution in [0.15, 0.2) is 18.2 Å². The molecule has 1 unspecified atom stereocenters. The number of ether oxygens (including phenoxy) is 2. The van der Waals surface area contributed by atoms with Crippen molar-refractivity contribution in [3.63, 3.8) is 0 Å². The summed E-state index contributed by atoms with van der Waals surface area (Å²) in [6, 6.07) is 6.82. The molecular weight excluding hydrogens is 232 g/mol. The Morgan fingerprint density at radius 2 is 1.94 bits per heavy atom. The number of likely N-dealkylation sites (N-methyl/N-ethyl adjacent to an activating group) is 1. The molecule has 1 rings (SSSR count). The van der Waals surface area contributed by atoms with E-state index >= 15 is 0 Å². The van der Waals surface area contributed by atoms with Crippen LogP contribution in [-0.2, 0) is 4.79 Å². The van der Waals surface area contributed by atoms with Crippen LogP contribution in [0.4, 0.5) is 0 Å². The van der Waals surface area contributed by atoms with Gasteiger partial charge in [0.2, 0.25) is 0 Å². The molecule has 0 aliphatic heterocycles. The summed E-state index contributed by atoms with van der Waals surface area (Å²) in [5.41, 5.74) is 0.425. The van der Waals surface area contributed by atoms with E-state index in [1.807, 2.05) is 6.07 Å². The van der Waals surface area contributed by atoms with Crippen molar-refractivity contribution in [3.05, 3.63) is 23.8 Å². The van der Waals surface area contributed by atoms with Crippen LogP contribution in [0.2, 0.25) is 0 Å². The summed E-state index contributed by atoms with van der Waals surface area (Å²) in [6.07, 6.45) is -0.612. The fraction of sp³-hybridized carbons (Fsp3) is 0.385. The molecule has 0 saturated carbocycles. The van der Waals surface area contributed by atoms with Crippen molar-refractivity contribution >= 4 is 5.91 Å². The van der Waals surface area contributed by atoms with Gasteiger partial charge in [0.25, 0.3) is 5.91 Å². The first-order valence-electron chi connectivity index (χ1n) is 5.45. The SMILES string of the molecule is COc1cc(C#N)cc(OC(C)C(=O)N(C)C)c1. The Morgan fingerprint density at radius 3 is 2.44 bits per heavy atom. The van der Waals surface area contributed by atoms with Gasteiger partial charge in [-0.2, -0.15) is 5.26 Å². The Morgan fingerprint density at radius 1 is 1.33 bits per heavy atom. The second-order valence-corrected chi connectivity index (χ2v) is 4.00. The summed E-state index contributed by atoms with van der Waals surface area (Å²) in [5, 5.41) is 8.88. The highest BCUT2D eigenvalue weighted by Gasteiger charge is 2.17. The van der Waals surface area contributed by atoms with Crippen molar-refractivity contribution in [2.75, 3.05) is 21.2 Å². The first-order valence-corrected chi connectivity index (χ1v) is 5.45. The number of rotatable bonds is 4. The van der Waals surface area contributed by atoms with Crippen molar-refractivity contribution in [1.29, 1.82) is 5.26 Å². The highest BCUT2D eigenvalue weighted by molar-refractivity contribution is 5.80. The zero-order valence-electron chi connectivity index (χ0n) is 10.9. The third-order valence-electron chi connectivity index (χ3n) is 2.35. The minimum atomic E-state index is -0.612. The molecule has 0 aliphatic rings. The molecule has 18 heavy (non-hydrogen) atoms. The van der Waals surface area contributed by atoms with Gasteiger partial charge in [-0.3, -0.25) is 4.79 Å². The third-order valence-corrected chi connectivity index (χ3v) is 2.35. The van der Waals surface area contributed by atoms with Gasteiger partial charge >= 0.3 is 0 Å². The minimum Gasteiger partial charge on any atom is -0.497 e. The zero-order chi connectivity index (χ0) is 13.7. The van der Waals surface area contributed by atoms with Crippen LogP contribution in [0.5, 0.6) is 11.5 Å². The molecule has 5 heteroatoms. The number of methoxy groups -OCH3 is 1. The van der Waals surface area contributed by atoms with E-state index in [1.54, 1.807) is 39.2 Å². The molecule has 0 radical (unpaired) electrons. The Bertz CT molecular complexity index is 478. The minimum absolute atomic E-state index is 0.142. The summed E-state index contributed by atoms with van der Waals surface area (Å²) < 4.78 is 10.6. The zero-order valence-corrected chi connectivity index (χ0v) is 10.9. The van der Waals surface area contributed by atoms with Gasteiger partial charge < -0.3 is 14.4 Å². The lowest BCUT2D eigenvalue weighted by atomic mass is 10.2. The molecule has 1 atom stereocenters.